The van der Waals surface area contributed by atoms with Crippen LogP contribution in [0.3, 0.4) is 0 Å². The third-order valence-electron chi connectivity index (χ3n) is 2.04. The molecule has 0 fully saturated rings. The van der Waals surface area contributed by atoms with Gasteiger partial charge in [0.05, 0.1) is 18.0 Å². The van der Waals surface area contributed by atoms with Gasteiger partial charge >= 0.3 is 0 Å². The van der Waals surface area contributed by atoms with Crippen LogP contribution in [0.5, 0.6) is 0 Å². The average Bonchev–Trinajstić information content (AvgIpc) is 2.73. The van der Waals surface area contributed by atoms with E-state index in [1.165, 1.54) is 12.5 Å². The summed E-state index contributed by atoms with van der Waals surface area (Å²) in [7, 11) is 1.77. The molecule has 0 radical (unpaired) electrons. The minimum Gasteiger partial charge on any atom is -0.461 e. The third kappa shape index (κ3) is 1.35. The maximum Gasteiger partial charge on any atom is 0.231 e. The first-order valence-electron chi connectivity index (χ1n) is 4.26. The molecule has 2 aromatic heterocycles. The van der Waals surface area contributed by atoms with E-state index in [2.05, 4.69) is 5.10 Å². The van der Waals surface area contributed by atoms with Gasteiger partial charge in [0.15, 0.2) is 5.76 Å². The fourth-order valence-corrected chi connectivity index (χ4v) is 1.27. The highest BCUT2D eigenvalue weighted by Crippen LogP contribution is 2.14. The number of hydrogen-bond acceptors (Lipinski definition) is 3. The summed E-state index contributed by atoms with van der Waals surface area (Å²) in [4.78, 5) is 11.8. The molecule has 0 saturated carbocycles. The molecule has 2 rings (SSSR count). The van der Waals surface area contributed by atoms with Crippen LogP contribution in [0.25, 0.3) is 0 Å². The number of carbonyl (C=O) groups is 1. The van der Waals surface area contributed by atoms with E-state index in [1.807, 2.05) is 6.92 Å². The van der Waals surface area contributed by atoms with E-state index >= 15 is 0 Å². The molecule has 0 aromatic carbocycles. The van der Waals surface area contributed by atoms with Crippen molar-refractivity contribution < 1.29 is 9.21 Å². The summed E-state index contributed by atoms with van der Waals surface area (Å²) in [6.07, 6.45) is 4.72. The van der Waals surface area contributed by atoms with E-state index in [0.717, 1.165) is 5.56 Å². The number of furan rings is 1. The van der Waals surface area contributed by atoms with Gasteiger partial charge < -0.3 is 4.42 Å². The summed E-state index contributed by atoms with van der Waals surface area (Å²) in [6.45, 7) is 1.84. The van der Waals surface area contributed by atoms with Crippen LogP contribution in [0.1, 0.15) is 21.7 Å². The van der Waals surface area contributed by atoms with Crippen molar-refractivity contribution in [2.75, 3.05) is 0 Å². The van der Waals surface area contributed by atoms with Crippen molar-refractivity contribution in [2.45, 2.75) is 6.92 Å². The van der Waals surface area contributed by atoms with Crippen molar-refractivity contribution in [3.8, 4) is 0 Å². The third-order valence-corrected chi connectivity index (χ3v) is 2.04. The van der Waals surface area contributed by atoms with Crippen molar-refractivity contribution in [1.82, 2.24) is 9.78 Å². The first-order chi connectivity index (χ1) is 6.68. The van der Waals surface area contributed by atoms with Crippen molar-refractivity contribution in [2.24, 2.45) is 7.05 Å². The zero-order chi connectivity index (χ0) is 10.1. The molecule has 4 heteroatoms. The molecule has 0 spiro atoms. The van der Waals surface area contributed by atoms with Gasteiger partial charge in [-0.2, -0.15) is 5.10 Å². The molecular weight excluding hydrogens is 180 g/mol. The zero-order valence-corrected chi connectivity index (χ0v) is 8.02. The Morgan fingerprint density at radius 3 is 2.86 bits per heavy atom. The van der Waals surface area contributed by atoms with Crippen molar-refractivity contribution in [1.29, 1.82) is 0 Å². The molecular formula is C10H10N2O2. The van der Waals surface area contributed by atoms with Gasteiger partial charge in [-0.05, 0) is 18.6 Å². The highest BCUT2D eigenvalue weighted by atomic mass is 16.3. The molecule has 0 saturated heterocycles. The summed E-state index contributed by atoms with van der Waals surface area (Å²) in [5, 5.41) is 3.93. The van der Waals surface area contributed by atoms with Crippen LogP contribution in [0.4, 0.5) is 0 Å². The Morgan fingerprint density at radius 2 is 2.36 bits per heavy atom. The molecule has 0 atom stereocenters. The van der Waals surface area contributed by atoms with Gasteiger partial charge in [-0.3, -0.25) is 9.48 Å². The van der Waals surface area contributed by atoms with Crippen molar-refractivity contribution in [3.05, 3.63) is 41.6 Å². The van der Waals surface area contributed by atoms with Gasteiger partial charge in [-0.1, -0.05) is 0 Å². The Morgan fingerprint density at radius 1 is 1.57 bits per heavy atom. The minimum absolute atomic E-state index is 0.124. The Balaban J connectivity index is 2.38. The molecule has 4 nitrogen and oxygen atoms in total. The predicted molar refractivity (Wildman–Crippen MR) is 50.1 cm³/mol. The molecule has 0 N–H and O–H groups in total. The van der Waals surface area contributed by atoms with E-state index < -0.39 is 0 Å². The quantitative estimate of drug-likeness (QED) is 0.675. The minimum atomic E-state index is -0.124. The molecule has 0 aliphatic carbocycles. The normalized spacial score (nSPS) is 10.4. The number of aromatic nitrogens is 2. The Hall–Kier alpha value is -1.84. The van der Waals surface area contributed by atoms with Gasteiger partial charge in [-0.15, -0.1) is 0 Å². The lowest BCUT2D eigenvalue weighted by Gasteiger charge is -1.93. The Labute approximate surface area is 81.1 Å². The second-order valence-corrected chi connectivity index (χ2v) is 3.16. The molecule has 0 amide bonds. The highest BCUT2D eigenvalue weighted by Gasteiger charge is 2.16. The van der Waals surface area contributed by atoms with Crippen LogP contribution in [-0.2, 0) is 7.05 Å². The van der Waals surface area contributed by atoms with Crippen LogP contribution < -0.4 is 0 Å². The van der Waals surface area contributed by atoms with E-state index in [0.29, 0.717) is 11.3 Å². The average molecular weight is 190 g/mol. The van der Waals surface area contributed by atoms with Gasteiger partial charge in [-0.25, -0.2) is 0 Å². The smallest absolute Gasteiger partial charge is 0.231 e. The number of aryl methyl sites for hydroxylation is 2. The molecule has 0 aliphatic heterocycles. The van der Waals surface area contributed by atoms with E-state index in [9.17, 15) is 4.79 Å². The molecule has 2 heterocycles. The van der Waals surface area contributed by atoms with Crippen LogP contribution in [0.2, 0.25) is 0 Å². The molecule has 0 bridgehead atoms. The molecule has 0 aliphatic rings. The lowest BCUT2D eigenvalue weighted by atomic mass is 10.1. The highest BCUT2D eigenvalue weighted by molar-refractivity contribution is 6.07. The molecule has 2 aromatic rings. The molecule has 0 unspecified atom stereocenters. The molecule has 14 heavy (non-hydrogen) atoms. The van der Waals surface area contributed by atoms with Crippen LogP contribution in [0.15, 0.2) is 29.1 Å². The van der Waals surface area contributed by atoms with Crippen LogP contribution >= 0.6 is 0 Å². The summed E-state index contributed by atoms with van der Waals surface area (Å²) in [6, 6.07) is 1.77. The second-order valence-electron chi connectivity index (χ2n) is 3.16. The maximum absolute atomic E-state index is 11.8. The monoisotopic (exact) mass is 190 g/mol. The second kappa shape index (κ2) is 3.14. The summed E-state index contributed by atoms with van der Waals surface area (Å²) >= 11 is 0. The fraction of sp³-hybridized carbons (Fsp3) is 0.200. The summed E-state index contributed by atoms with van der Waals surface area (Å²) < 4.78 is 6.69. The summed E-state index contributed by atoms with van der Waals surface area (Å²) in [5.41, 5.74) is 1.39. The van der Waals surface area contributed by atoms with E-state index in [4.69, 9.17) is 4.42 Å². The van der Waals surface area contributed by atoms with E-state index in [1.54, 1.807) is 24.0 Å². The van der Waals surface area contributed by atoms with E-state index in [-0.39, 0.29) is 5.78 Å². The Bertz CT molecular complexity index is 468. The number of hydrogen-bond donors (Lipinski definition) is 0. The number of nitrogens with zero attached hydrogens (tertiary/aromatic N) is 2. The standard InChI is InChI=1S/C10H10N2O2/c1-7-3-4-14-10(7)9(13)8-5-11-12(2)6-8/h3-6H,1-2H3. The van der Waals surface area contributed by atoms with Crippen LogP contribution in [0, 0.1) is 6.92 Å². The number of rotatable bonds is 2. The fourth-order valence-electron chi connectivity index (χ4n) is 1.27. The predicted octanol–water partition coefficient (Wildman–Crippen LogP) is 1.55. The Kier molecular flexibility index (Phi) is 1.96. The van der Waals surface area contributed by atoms with Gasteiger partial charge in [0.25, 0.3) is 0 Å². The number of ketones is 1. The lowest BCUT2D eigenvalue weighted by Crippen LogP contribution is -1.99. The topological polar surface area (TPSA) is 48.0 Å². The van der Waals surface area contributed by atoms with Gasteiger partial charge in [0, 0.05) is 13.2 Å². The van der Waals surface area contributed by atoms with Crippen molar-refractivity contribution >= 4 is 5.78 Å². The zero-order valence-electron chi connectivity index (χ0n) is 8.02. The first kappa shape index (κ1) is 8.74. The van der Waals surface area contributed by atoms with Crippen LogP contribution in [-0.4, -0.2) is 15.6 Å². The van der Waals surface area contributed by atoms with Gasteiger partial charge in [0.1, 0.15) is 0 Å². The summed E-state index contributed by atoms with van der Waals surface area (Å²) in [5.74, 6) is 0.263. The maximum atomic E-state index is 11.8. The van der Waals surface area contributed by atoms with Crippen molar-refractivity contribution in [3.63, 3.8) is 0 Å². The first-order valence-corrected chi connectivity index (χ1v) is 4.26. The SMILES string of the molecule is Cc1ccoc1C(=O)c1cnn(C)c1. The number of carbonyl (C=O) groups excluding carboxylic acids is 1. The lowest BCUT2D eigenvalue weighted by molar-refractivity contribution is 0.101. The largest absolute Gasteiger partial charge is 0.461 e. The van der Waals surface area contributed by atoms with Gasteiger partial charge in [0.2, 0.25) is 5.78 Å². The molecule has 72 valence electrons.